The lowest BCUT2D eigenvalue weighted by Crippen LogP contribution is -1.81. The van der Waals surface area contributed by atoms with E-state index in [0.717, 1.165) is 18.6 Å². The van der Waals surface area contributed by atoms with Gasteiger partial charge in [-0.2, -0.15) is 12.6 Å². The highest BCUT2D eigenvalue weighted by atomic mass is 35.5. The van der Waals surface area contributed by atoms with Crippen LogP contribution in [-0.2, 0) is 4.79 Å². The average molecular weight is 251 g/mol. The second kappa shape index (κ2) is 16.5. The number of rotatable bonds is 10. The maximum absolute atomic E-state index is 9.85. The Labute approximate surface area is 106 Å². The largest absolute Gasteiger partial charge is 0.234 e. The first-order chi connectivity index (χ1) is 6.91. The Balaban J connectivity index is 0. The summed E-state index contributed by atoms with van der Waals surface area (Å²) in [6.07, 6.45) is 12.9. The highest BCUT2D eigenvalue weighted by Gasteiger charge is 1.90. The zero-order valence-corrected chi connectivity index (χ0v) is 11.1. The number of carbonyl (C=O) groups excluding carboxylic acids is 1. The normalized spacial score (nSPS) is 9.13. The van der Waals surface area contributed by atoms with E-state index in [0.29, 0.717) is 0 Å². The van der Waals surface area contributed by atoms with E-state index in [1.165, 1.54) is 44.9 Å². The highest BCUT2D eigenvalue weighted by Crippen LogP contribution is 2.09. The molecule has 0 N–H and O–H groups in total. The van der Waals surface area contributed by atoms with Crippen LogP contribution in [0.5, 0.6) is 0 Å². The molecule has 0 saturated heterocycles. The van der Waals surface area contributed by atoms with Crippen LogP contribution in [-0.4, -0.2) is 11.7 Å². The van der Waals surface area contributed by atoms with Crippen molar-refractivity contribution in [3.8, 4) is 0 Å². The fourth-order valence-corrected chi connectivity index (χ4v) is 1.70. The van der Waals surface area contributed by atoms with Gasteiger partial charge in [-0.25, -0.2) is 4.79 Å². The molecule has 1 nitrogen and oxygen atoms in total. The van der Waals surface area contributed by atoms with E-state index < -0.39 is 0 Å². The SMILES string of the molecule is Cl.O=C=CCCCCCCCCCCS. The fraction of sp³-hybridized carbons (Fsp3) is 0.833. The maximum atomic E-state index is 9.85. The van der Waals surface area contributed by atoms with Crippen LogP contribution in [0.25, 0.3) is 0 Å². The second-order valence-electron chi connectivity index (χ2n) is 3.66. The van der Waals surface area contributed by atoms with Crippen LogP contribution < -0.4 is 0 Å². The quantitative estimate of drug-likeness (QED) is 0.349. The predicted octanol–water partition coefficient (Wildman–Crippen LogP) is 4.24. The van der Waals surface area contributed by atoms with Crippen molar-refractivity contribution in [3.63, 3.8) is 0 Å². The summed E-state index contributed by atoms with van der Waals surface area (Å²) < 4.78 is 0. The minimum atomic E-state index is 0. The fourth-order valence-electron chi connectivity index (χ4n) is 1.48. The van der Waals surface area contributed by atoms with Gasteiger partial charge >= 0.3 is 0 Å². The van der Waals surface area contributed by atoms with E-state index in [1.807, 2.05) is 5.94 Å². The third-order valence-corrected chi connectivity index (χ3v) is 2.66. The smallest absolute Gasteiger partial charge is 0.120 e. The lowest BCUT2D eigenvalue weighted by Gasteiger charge is -1.99. The molecule has 0 fully saturated rings. The summed E-state index contributed by atoms with van der Waals surface area (Å²) in [7, 11) is 0. The highest BCUT2D eigenvalue weighted by molar-refractivity contribution is 7.80. The Hall–Kier alpha value is 0.0900. The third-order valence-electron chi connectivity index (χ3n) is 2.34. The van der Waals surface area contributed by atoms with Gasteiger partial charge in [0.15, 0.2) is 0 Å². The first-order valence-corrected chi connectivity index (χ1v) is 6.35. The van der Waals surface area contributed by atoms with Gasteiger partial charge in [0.2, 0.25) is 0 Å². The molecule has 0 unspecified atom stereocenters. The van der Waals surface area contributed by atoms with E-state index in [1.54, 1.807) is 6.08 Å². The molecule has 0 spiro atoms. The summed E-state index contributed by atoms with van der Waals surface area (Å²) in [6.45, 7) is 0. The zero-order chi connectivity index (χ0) is 10.5. The van der Waals surface area contributed by atoms with Crippen LogP contribution in [0.1, 0.15) is 57.8 Å². The van der Waals surface area contributed by atoms with Crippen molar-refractivity contribution in [2.45, 2.75) is 57.8 Å². The lowest BCUT2D eigenvalue weighted by molar-refractivity contribution is 0.565. The molecule has 0 aliphatic carbocycles. The number of halogens is 1. The van der Waals surface area contributed by atoms with Crippen molar-refractivity contribution in [2.24, 2.45) is 0 Å². The van der Waals surface area contributed by atoms with Gasteiger partial charge in [0.25, 0.3) is 0 Å². The minimum absolute atomic E-state index is 0. The molecular weight excluding hydrogens is 228 g/mol. The Kier molecular flexibility index (Phi) is 19.3. The van der Waals surface area contributed by atoms with E-state index in [-0.39, 0.29) is 12.4 Å². The Morgan fingerprint density at radius 2 is 1.33 bits per heavy atom. The average Bonchev–Trinajstić information content (AvgIpc) is 2.21. The van der Waals surface area contributed by atoms with Crippen molar-refractivity contribution >= 4 is 31.0 Å². The number of allylic oxidation sites excluding steroid dienone is 1. The Bertz CT molecular complexity index is 156. The van der Waals surface area contributed by atoms with Crippen LogP contribution in [0.3, 0.4) is 0 Å². The van der Waals surface area contributed by atoms with Crippen LogP contribution in [0.2, 0.25) is 0 Å². The molecule has 0 saturated carbocycles. The van der Waals surface area contributed by atoms with E-state index in [4.69, 9.17) is 0 Å². The molecule has 0 radical (unpaired) electrons. The van der Waals surface area contributed by atoms with Gasteiger partial charge in [-0.05, 0) is 31.1 Å². The van der Waals surface area contributed by atoms with Crippen molar-refractivity contribution in [3.05, 3.63) is 6.08 Å². The van der Waals surface area contributed by atoms with Crippen molar-refractivity contribution in [1.82, 2.24) is 0 Å². The summed E-state index contributed by atoms with van der Waals surface area (Å²) >= 11 is 4.18. The number of thiol groups is 1. The van der Waals surface area contributed by atoms with Gasteiger partial charge in [0.1, 0.15) is 5.94 Å². The van der Waals surface area contributed by atoms with Gasteiger partial charge < -0.3 is 0 Å². The van der Waals surface area contributed by atoms with Crippen LogP contribution in [0, 0.1) is 0 Å². The summed E-state index contributed by atoms with van der Waals surface area (Å²) in [5, 5.41) is 0. The molecule has 0 bridgehead atoms. The molecule has 0 aromatic carbocycles. The molecule has 0 aromatic rings. The molecule has 0 heterocycles. The van der Waals surface area contributed by atoms with Crippen LogP contribution in [0.15, 0.2) is 6.08 Å². The molecule has 0 aromatic heterocycles. The topological polar surface area (TPSA) is 17.1 Å². The Morgan fingerprint density at radius 1 is 0.867 bits per heavy atom. The standard InChI is InChI=1S/C12H22OS.ClH/c13-11-9-7-5-3-1-2-4-6-8-10-12-14;/h9,14H,1-8,10,12H2;1H. The molecule has 3 heteroatoms. The second-order valence-corrected chi connectivity index (χ2v) is 4.11. The first-order valence-electron chi connectivity index (χ1n) is 5.72. The predicted molar refractivity (Wildman–Crippen MR) is 72.9 cm³/mol. The number of hydrogen-bond donors (Lipinski definition) is 1. The van der Waals surface area contributed by atoms with Gasteiger partial charge in [-0.15, -0.1) is 12.4 Å². The molecular formula is C12H23ClOS. The summed E-state index contributed by atoms with van der Waals surface area (Å²) in [6, 6.07) is 0. The number of hydrogen-bond acceptors (Lipinski definition) is 2. The number of unbranched alkanes of at least 4 members (excludes halogenated alkanes) is 8. The minimum Gasteiger partial charge on any atom is -0.234 e. The van der Waals surface area contributed by atoms with Crippen LogP contribution in [0.4, 0.5) is 0 Å². The zero-order valence-electron chi connectivity index (χ0n) is 9.41. The first kappa shape index (κ1) is 17.5. The molecule has 0 rings (SSSR count). The molecule has 0 amide bonds. The molecule has 15 heavy (non-hydrogen) atoms. The van der Waals surface area contributed by atoms with Gasteiger partial charge in [0, 0.05) is 0 Å². The van der Waals surface area contributed by atoms with Crippen molar-refractivity contribution in [2.75, 3.05) is 5.75 Å². The van der Waals surface area contributed by atoms with E-state index in [2.05, 4.69) is 12.6 Å². The van der Waals surface area contributed by atoms with Gasteiger partial charge in [-0.3, -0.25) is 0 Å². The van der Waals surface area contributed by atoms with E-state index >= 15 is 0 Å². The molecule has 0 aliphatic rings. The lowest BCUT2D eigenvalue weighted by atomic mass is 10.1. The summed E-state index contributed by atoms with van der Waals surface area (Å²) in [4.78, 5) is 9.85. The van der Waals surface area contributed by atoms with E-state index in [9.17, 15) is 4.79 Å². The van der Waals surface area contributed by atoms with Crippen molar-refractivity contribution in [1.29, 1.82) is 0 Å². The molecule has 0 atom stereocenters. The summed E-state index contributed by atoms with van der Waals surface area (Å²) in [5.74, 6) is 2.84. The molecule has 90 valence electrons. The summed E-state index contributed by atoms with van der Waals surface area (Å²) in [5.41, 5.74) is 0. The molecule has 0 aliphatic heterocycles. The third kappa shape index (κ3) is 16.7. The monoisotopic (exact) mass is 250 g/mol. The van der Waals surface area contributed by atoms with Crippen molar-refractivity contribution < 1.29 is 4.79 Å². The van der Waals surface area contributed by atoms with Gasteiger partial charge in [-0.1, -0.05) is 38.5 Å². The maximum Gasteiger partial charge on any atom is 0.120 e. The van der Waals surface area contributed by atoms with Crippen LogP contribution >= 0.6 is 25.0 Å². The van der Waals surface area contributed by atoms with Gasteiger partial charge in [0.05, 0.1) is 0 Å². The Morgan fingerprint density at radius 3 is 1.80 bits per heavy atom.